The molecule has 2 aromatic rings. The number of carbonyl (C=O) groups is 2. The van der Waals surface area contributed by atoms with Crippen molar-refractivity contribution in [3.05, 3.63) is 53.6 Å². The zero-order valence-corrected chi connectivity index (χ0v) is 19.7. The lowest BCUT2D eigenvalue weighted by atomic mass is 9.86. The Labute approximate surface area is 189 Å². The van der Waals surface area contributed by atoms with Gasteiger partial charge in [-0.3, -0.25) is 9.59 Å². The molecule has 0 radical (unpaired) electrons. The quantitative estimate of drug-likeness (QED) is 0.767. The van der Waals surface area contributed by atoms with E-state index in [1.807, 2.05) is 45.0 Å². The lowest BCUT2D eigenvalue weighted by molar-refractivity contribution is -0.122. The van der Waals surface area contributed by atoms with Crippen LogP contribution in [-0.2, 0) is 25.0 Å². The first-order chi connectivity index (χ1) is 15.0. The fourth-order valence-electron chi connectivity index (χ4n) is 4.57. The highest BCUT2D eigenvalue weighted by Gasteiger charge is 2.43. The molecule has 0 aromatic heterocycles. The average Bonchev–Trinajstić information content (AvgIpc) is 2.95. The van der Waals surface area contributed by atoms with Gasteiger partial charge in [-0.05, 0) is 69.0 Å². The standard InChI is InChI=1S/C24H29N3O4S/c1-16-7-5-6-8-20(16)25-22(28)17-11-13-27(14-12-17)32(30,31)18-9-10-21-19(15-18)24(2,3)23(29)26(21)4/h5-10,15,17H,11-14H2,1-4H3,(H,25,28). The molecule has 1 fully saturated rings. The van der Waals surface area contributed by atoms with Gasteiger partial charge in [-0.15, -0.1) is 0 Å². The Hall–Kier alpha value is -2.71. The second-order valence-electron chi connectivity index (χ2n) is 9.15. The molecule has 2 amide bonds. The second-order valence-corrected chi connectivity index (χ2v) is 11.1. The van der Waals surface area contributed by atoms with Gasteiger partial charge in [0.25, 0.3) is 0 Å². The zero-order valence-electron chi connectivity index (χ0n) is 18.9. The summed E-state index contributed by atoms with van der Waals surface area (Å²) in [6, 6.07) is 12.5. The van der Waals surface area contributed by atoms with Crippen LogP contribution < -0.4 is 10.2 Å². The van der Waals surface area contributed by atoms with E-state index in [-0.39, 0.29) is 35.7 Å². The highest BCUT2D eigenvalue weighted by molar-refractivity contribution is 7.89. The van der Waals surface area contributed by atoms with E-state index in [1.165, 1.54) is 4.31 Å². The normalized spacial score (nSPS) is 19.1. The molecule has 7 nitrogen and oxygen atoms in total. The van der Waals surface area contributed by atoms with Gasteiger partial charge in [-0.25, -0.2) is 8.42 Å². The highest BCUT2D eigenvalue weighted by Crippen LogP contribution is 2.42. The summed E-state index contributed by atoms with van der Waals surface area (Å²) in [5.74, 6) is -0.356. The zero-order chi connectivity index (χ0) is 23.3. The molecule has 0 bridgehead atoms. The van der Waals surface area contributed by atoms with Gasteiger partial charge < -0.3 is 10.2 Å². The maximum absolute atomic E-state index is 13.3. The Balaban J connectivity index is 1.47. The third-order valence-corrected chi connectivity index (χ3v) is 8.60. The molecule has 2 aliphatic heterocycles. The van der Waals surface area contributed by atoms with Crippen molar-refractivity contribution in [2.24, 2.45) is 5.92 Å². The van der Waals surface area contributed by atoms with Crippen LogP contribution in [-0.4, -0.2) is 44.7 Å². The molecule has 0 unspecified atom stereocenters. The van der Waals surface area contributed by atoms with E-state index < -0.39 is 15.4 Å². The molecule has 1 N–H and O–H groups in total. The minimum atomic E-state index is -3.71. The van der Waals surface area contributed by atoms with E-state index in [2.05, 4.69) is 5.32 Å². The topological polar surface area (TPSA) is 86.8 Å². The monoisotopic (exact) mass is 455 g/mol. The Morgan fingerprint density at radius 1 is 1.09 bits per heavy atom. The van der Waals surface area contributed by atoms with Crippen LogP contribution in [0.5, 0.6) is 0 Å². The van der Waals surface area contributed by atoms with Crippen LogP contribution in [0.15, 0.2) is 47.4 Å². The second kappa shape index (κ2) is 8.01. The van der Waals surface area contributed by atoms with Crippen LogP contribution in [0, 0.1) is 12.8 Å². The number of aryl methyl sites for hydroxylation is 1. The number of fused-ring (bicyclic) bond motifs is 1. The van der Waals surface area contributed by atoms with E-state index in [4.69, 9.17) is 0 Å². The van der Waals surface area contributed by atoms with E-state index in [0.29, 0.717) is 12.8 Å². The van der Waals surface area contributed by atoms with Gasteiger partial charge >= 0.3 is 0 Å². The number of carbonyl (C=O) groups excluding carboxylic acids is 2. The Bertz CT molecular complexity index is 1180. The first-order valence-electron chi connectivity index (χ1n) is 10.8. The fraction of sp³-hybridized carbons (Fsp3) is 0.417. The van der Waals surface area contributed by atoms with Gasteiger partial charge in [0.15, 0.2) is 0 Å². The molecule has 170 valence electrons. The van der Waals surface area contributed by atoms with Crippen molar-refractivity contribution in [3.8, 4) is 0 Å². The molecule has 2 heterocycles. The van der Waals surface area contributed by atoms with Crippen molar-refractivity contribution in [3.63, 3.8) is 0 Å². The van der Waals surface area contributed by atoms with E-state index in [1.54, 1.807) is 30.1 Å². The number of hydrogen-bond donors (Lipinski definition) is 1. The summed E-state index contributed by atoms with van der Waals surface area (Å²) in [4.78, 5) is 27.0. The maximum Gasteiger partial charge on any atom is 0.243 e. The van der Waals surface area contributed by atoms with Crippen molar-refractivity contribution in [2.75, 3.05) is 30.4 Å². The number of piperidine rings is 1. The number of anilines is 2. The molecule has 2 aliphatic rings. The lowest BCUT2D eigenvalue weighted by Gasteiger charge is -2.31. The number of sulfonamides is 1. The predicted octanol–water partition coefficient (Wildman–Crippen LogP) is 3.29. The molecule has 0 atom stereocenters. The predicted molar refractivity (Wildman–Crippen MR) is 124 cm³/mol. The largest absolute Gasteiger partial charge is 0.326 e. The Morgan fingerprint density at radius 3 is 2.41 bits per heavy atom. The summed E-state index contributed by atoms with van der Waals surface area (Å²) in [5, 5.41) is 2.97. The van der Waals surface area contributed by atoms with Gasteiger partial charge in [0.05, 0.1) is 10.3 Å². The van der Waals surface area contributed by atoms with Crippen molar-refractivity contribution < 1.29 is 18.0 Å². The molecular weight excluding hydrogens is 426 g/mol. The average molecular weight is 456 g/mol. The van der Waals surface area contributed by atoms with Crippen LogP contribution in [0.25, 0.3) is 0 Å². The smallest absolute Gasteiger partial charge is 0.243 e. The first kappa shape index (κ1) is 22.5. The Morgan fingerprint density at radius 2 is 1.75 bits per heavy atom. The van der Waals surface area contributed by atoms with Crippen LogP contribution >= 0.6 is 0 Å². The summed E-state index contributed by atoms with van der Waals surface area (Å²) in [7, 11) is -2.01. The number of nitrogens with one attached hydrogen (secondary N) is 1. The third kappa shape index (κ3) is 3.71. The van der Waals surface area contributed by atoms with E-state index in [0.717, 1.165) is 22.5 Å². The molecule has 2 aromatic carbocycles. The van der Waals surface area contributed by atoms with Crippen LogP contribution in [0.2, 0.25) is 0 Å². The highest BCUT2D eigenvalue weighted by atomic mass is 32.2. The summed E-state index contributed by atoms with van der Waals surface area (Å²) < 4.78 is 28.0. The molecular formula is C24H29N3O4S. The van der Waals surface area contributed by atoms with Crippen molar-refractivity contribution in [1.82, 2.24) is 4.31 Å². The van der Waals surface area contributed by atoms with Gasteiger partial charge in [0.1, 0.15) is 0 Å². The molecule has 1 saturated heterocycles. The van der Waals surface area contributed by atoms with Crippen LogP contribution in [0.4, 0.5) is 11.4 Å². The number of likely N-dealkylation sites (N-methyl/N-ethyl adjacent to an activating group) is 1. The number of hydrogen-bond acceptors (Lipinski definition) is 4. The van der Waals surface area contributed by atoms with Crippen molar-refractivity contribution >= 4 is 33.2 Å². The van der Waals surface area contributed by atoms with Crippen molar-refractivity contribution in [2.45, 2.75) is 43.9 Å². The van der Waals surface area contributed by atoms with Gasteiger partial charge in [-0.1, -0.05) is 18.2 Å². The summed E-state index contributed by atoms with van der Waals surface area (Å²) in [5.41, 5.74) is 2.47. The van der Waals surface area contributed by atoms with Gasteiger partial charge in [0, 0.05) is 37.4 Å². The molecule has 8 heteroatoms. The third-order valence-electron chi connectivity index (χ3n) is 6.71. The van der Waals surface area contributed by atoms with Crippen LogP contribution in [0.3, 0.4) is 0 Å². The number of amides is 2. The minimum Gasteiger partial charge on any atom is -0.326 e. The van der Waals surface area contributed by atoms with E-state index in [9.17, 15) is 18.0 Å². The van der Waals surface area contributed by atoms with Gasteiger partial charge in [0.2, 0.25) is 21.8 Å². The van der Waals surface area contributed by atoms with Crippen molar-refractivity contribution in [1.29, 1.82) is 0 Å². The lowest BCUT2D eigenvalue weighted by Crippen LogP contribution is -2.41. The number of benzene rings is 2. The minimum absolute atomic E-state index is 0.0532. The molecule has 4 rings (SSSR count). The molecule has 0 aliphatic carbocycles. The SMILES string of the molecule is Cc1ccccc1NC(=O)C1CCN(S(=O)(=O)c2ccc3c(c2)C(C)(C)C(=O)N3C)CC1. The van der Waals surface area contributed by atoms with Crippen LogP contribution in [0.1, 0.15) is 37.8 Å². The maximum atomic E-state index is 13.3. The molecule has 0 spiro atoms. The molecule has 32 heavy (non-hydrogen) atoms. The van der Waals surface area contributed by atoms with E-state index >= 15 is 0 Å². The summed E-state index contributed by atoms with van der Waals surface area (Å²) in [6.45, 7) is 6.13. The number of rotatable bonds is 4. The molecule has 0 saturated carbocycles. The first-order valence-corrected chi connectivity index (χ1v) is 12.3. The summed E-state index contributed by atoms with van der Waals surface area (Å²) in [6.07, 6.45) is 0.934. The fourth-order valence-corrected chi connectivity index (χ4v) is 6.06. The van der Waals surface area contributed by atoms with Gasteiger partial charge in [-0.2, -0.15) is 4.31 Å². The summed E-state index contributed by atoms with van der Waals surface area (Å²) >= 11 is 0. The number of nitrogens with zero attached hydrogens (tertiary/aromatic N) is 2. The Kier molecular flexibility index (Phi) is 5.63. The number of para-hydroxylation sites is 1.